The molecule has 0 heterocycles. The van der Waals surface area contributed by atoms with Gasteiger partial charge in [-0.25, -0.2) is 0 Å². The van der Waals surface area contributed by atoms with Gasteiger partial charge in [-0.2, -0.15) is 0 Å². The van der Waals surface area contributed by atoms with Gasteiger partial charge in [0.2, 0.25) is 0 Å². The van der Waals surface area contributed by atoms with Crippen LogP contribution in [0.3, 0.4) is 0 Å². The van der Waals surface area contributed by atoms with E-state index >= 15 is 0 Å². The van der Waals surface area contributed by atoms with Gasteiger partial charge in [0.05, 0.1) is 12.7 Å². The van der Waals surface area contributed by atoms with E-state index in [2.05, 4.69) is 12.7 Å². The molecule has 0 aromatic rings. The van der Waals surface area contributed by atoms with Crippen LogP contribution in [0.4, 0.5) is 0 Å². The minimum absolute atomic E-state index is 0.0412. The van der Waals surface area contributed by atoms with E-state index in [1.165, 1.54) is 14.0 Å². The molecule has 0 saturated carbocycles. The summed E-state index contributed by atoms with van der Waals surface area (Å²) >= 11 is 0. The van der Waals surface area contributed by atoms with Crippen LogP contribution in [0.15, 0.2) is 35.5 Å². The van der Waals surface area contributed by atoms with Gasteiger partial charge in [0.15, 0.2) is 11.6 Å². The molecule has 0 aliphatic heterocycles. The average molecular weight is 318 g/mol. The molecule has 4 nitrogen and oxygen atoms in total. The lowest BCUT2D eigenvalue weighted by atomic mass is 9.63. The van der Waals surface area contributed by atoms with E-state index in [4.69, 9.17) is 4.74 Å². The van der Waals surface area contributed by atoms with Crippen LogP contribution in [-0.4, -0.2) is 24.6 Å². The molecule has 0 aromatic heterocycles. The Hall–Kier alpha value is -1.97. The van der Waals surface area contributed by atoms with Crippen LogP contribution < -0.4 is 0 Å². The molecule has 0 aromatic carbocycles. The first-order valence-electron chi connectivity index (χ1n) is 7.80. The quantitative estimate of drug-likeness (QED) is 0.325. The number of ketones is 2. The van der Waals surface area contributed by atoms with Gasteiger partial charge >= 0.3 is 5.97 Å². The first kappa shape index (κ1) is 19.1. The van der Waals surface area contributed by atoms with Crippen LogP contribution >= 0.6 is 0 Å². The fourth-order valence-corrected chi connectivity index (χ4v) is 3.24. The van der Waals surface area contributed by atoms with Gasteiger partial charge in [0, 0.05) is 0 Å². The van der Waals surface area contributed by atoms with Crippen molar-refractivity contribution in [3.63, 3.8) is 0 Å². The van der Waals surface area contributed by atoms with E-state index in [-0.39, 0.29) is 23.7 Å². The smallest absolute Gasteiger partial charge is 0.320 e. The third-order valence-corrected chi connectivity index (χ3v) is 4.49. The lowest BCUT2D eigenvalue weighted by molar-refractivity contribution is -0.158. The van der Waals surface area contributed by atoms with Crippen LogP contribution in [0.1, 0.15) is 47.0 Å². The van der Waals surface area contributed by atoms with Crippen molar-refractivity contribution >= 4 is 17.5 Å². The van der Waals surface area contributed by atoms with Crippen molar-refractivity contribution in [1.29, 1.82) is 0 Å². The maximum atomic E-state index is 12.9. The molecule has 0 saturated heterocycles. The molecule has 1 aliphatic carbocycles. The number of Topliss-reactive ketones (excluding diaryl/α,β-unsaturated/α-hetero) is 2. The first-order valence-corrected chi connectivity index (χ1v) is 7.80. The second kappa shape index (κ2) is 7.53. The highest BCUT2D eigenvalue weighted by molar-refractivity contribution is 6.27. The Bertz CT molecular complexity index is 590. The number of hydrogen-bond donors (Lipinski definition) is 0. The topological polar surface area (TPSA) is 60.4 Å². The third kappa shape index (κ3) is 3.69. The third-order valence-electron chi connectivity index (χ3n) is 4.49. The zero-order chi connectivity index (χ0) is 17.8. The molecule has 0 spiro atoms. The Labute approximate surface area is 138 Å². The van der Waals surface area contributed by atoms with Crippen molar-refractivity contribution in [3.8, 4) is 0 Å². The Kier molecular flexibility index (Phi) is 6.25. The van der Waals surface area contributed by atoms with Gasteiger partial charge in [-0.15, -0.1) is 6.58 Å². The highest BCUT2D eigenvalue weighted by Crippen LogP contribution is 2.45. The molecule has 1 rings (SSSR count). The van der Waals surface area contributed by atoms with Crippen LogP contribution in [0, 0.1) is 11.3 Å². The molecule has 2 atom stereocenters. The maximum absolute atomic E-state index is 12.9. The molecule has 4 heteroatoms. The summed E-state index contributed by atoms with van der Waals surface area (Å²) in [5, 5.41) is 0. The number of rotatable bonds is 6. The summed E-state index contributed by atoms with van der Waals surface area (Å²) < 4.78 is 4.90. The first-order chi connectivity index (χ1) is 10.7. The molecule has 23 heavy (non-hydrogen) atoms. The number of ether oxygens (including phenoxy) is 1. The summed E-state index contributed by atoms with van der Waals surface area (Å²) in [6, 6.07) is 0. The number of hydrogen-bond acceptors (Lipinski definition) is 4. The second-order valence-corrected chi connectivity index (χ2v) is 6.43. The van der Waals surface area contributed by atoms with E-state index in [0.717, 1.165) is 11.1 Å². The van der Waals surface area contributed by atoms with Crippen LogP contribution in [0.25, 0.3) is 0 Å². The van der Waals surface area contributed by atoms with E-state index in [0.29, 0.717) is 12.8 Å². The predicted molar refractivity (Wildman–Crippen MR) is 89.8 cm³/mol. The monoisotopic (exact) mass is 318 g/mol. The normalized spacial score (nSPS) is 24.2. The van der Waals surface area contributed by atoms with Crippen molar-refractivity contribution < 1.29 is 19.1 Å². The molecule has 0 bridgehead atoms. The van der Waals surface area contributed by atoms with Crippen molar-refractivity contribution in [2.75, 3.05) is 7.11 Å². The van der Waals surface area contributed by atoms with Gasteiger partial charge in [0.1, 0.15) is 5.41 Å². The Balaban J connectivity index is 3.49. The lowest BCUT2D eigenvalue weighted by Crippen LogP contribution is -2.47. The Morgan fingerprint density at radius 3 is 2.39 bits per heavy atom. The summed E-state index contributed by atoms with van der Waals surface area (Å²) in [7, 11) is 1.27. The SMILES string of the molecule is C=CC[C@]1(C(=O)OC)C[C@H](CC=C(C)C)C(C)=C(C(C)=O)C1=O. The standard InChI is InChI=1S/C19H26O4/c1-7-10-19(18(22)23-6)11-15(9-8-12(2)3)13(4)16(14(5)20)17(19)21/h7-8,15H,1,9-11H2,2-6H3/t15-,19-/m0/s1. The number of carbonyl (C=O) groups is 3. The minimum Gasteiger partial charge on any atom is -0.468 e. The second-order valence-electron chi connectivity index (χ2n) is 6.43. The molecule has 126 valence electrons. The molecule has 1 aliphatic rings. The summed E-state index contributed by atoms with van der Waals surface area (Å²) in [6.45, 7) is 10.8. The van der Waals surface area contributed by atoms with Crippen LogP contribution in [-0.2, 0) is 19.1 Å². The van der Waals surface area contributed by atoms with E-state index < -0.39 is 17.2 Å². The van der Waals surface area contributed by atoms with Gasteiger partial charge in [-0.1, -0.05) is 23.3 Å². The zero-order valence-corrected chi connectivity index (χ0v) is 14.7. The van der Waals surface area contributed by atoms with Gasteiger partial charge in [0.25, 0.3) is 0 Å². The van der Waals surface area contributed by atoms with Crippen molar-refractivity contribution in [2.45, 2.75) is 47.0 Å². The number of methoxy groups -OCH3 is 1. The summed E-state index contributed by atoms with van der Waals surface area (Å²) in [5.41, 5.74) is 0.739. The maximum Gasteiger partial charge on any atom is 0.320 e. The number of carbonyl (C=O) groups excluding carboxylic acids is 3. The molecule has 0 N–H and O–H groups in total. The van der Waals surface area contributed by atoms with Crippen molar-refractivity contribution in [1.82, 2.24) is 0 Å². The fourth-order valence-electron chi connectivity index (χ4n) is 3.24. The molecule has 0 radical (unpaired) electrons. The number of esters is 1. The van der Waals surface area contributed by atoms with Crippen molar-refractivity contribution in [2.24, 2.45) is 11.3 Å². The highest BCUT2D eigenvalue weighted by Gasteiger charge is 2.52. The van der Waals surface area contributed by atoms with Gasteiger partial charge in [-0.05, 0) is 52.9 Å². The van der Waals surface area contributed by atoms with Crippen LogP contribution in [0.5, 0.6) is 0 Å². The molecular weight excluding hydrogens is 292 g/mol. The minimum atomic E-state index is -1.34. The summed E-state index contributed by atoms with van der Waals surface area (Å²) in [6.07, 6.45) is 4.82. The summed E-state index contributed by atoms with van der Waals surface area (Å²) in [5.74, 6) is -1.36. The predicted octanol–water partition coefficient (Wildman–Crippen LogP) is 3.57. The van der Waals surface area contributed by atoms with Gasteiger partial charge in [-0.3, -0.25) is 14.4 Å². The molecule has 0 fully saturated rings. The van der Waals surface area contributed by atoms with Crippen LogP contribution in [0.2, 0.25) is 0 Å². The molecule has 0 amide bonds. The fraction of sp³-hybridized carbons (Fsp3) is 0.526. The lowest BCUT2D eigenvalue weighted by Gasteiger charge is -2.38. The zero-order valence-electron chi connectivity index (χ0n) is 14.7. The van der Waals surface area contributed by atoms with E-state index in [9.17, 15) is 14.4 Å². The Morgan fingerprint density at radius 2 is 1.96 bits per heavy atom. The summed E-state index contributed by atoms with van der Waals surface area (Å²) in [4.78, 5) is 37.4. The van der Waals surface area contributed by atoms with E-state index in [1.54, 1.807) is 6.08 Å². The van der Waals surface area contributed by atoms with Gasteiger partial charge < -0.3 is 4.74 Å². The average Bonchev–Trinajstić information content (AvgIpc) is 2.47. The van der Waals surface area contributed by atoms with E-state index in [1.807, 2.05) is 20.8 Å². The largest absolute Gasteiger partial charge is 0.468 e. The Morgan fingerprint density at radius 1 is 1.35 bits per heavy atom. The van der Waals surface area contributed by atoms with Crippen molar-refractivity contribution in [3.05, 3.63) is 35.5 Å². The highest BCUT2D eigenvalue weighted by atomic mass is 16.5. The molecule has 0 unspecified atom stereocenters. The number of allylic oxidation sites excluding steroid dienone is 5. The molecular formula is C19H26O4.